The van der Waals surface area contributed by atoms with Crippen molar-refractivity contribution < 1.29 is 0 Å². The summed E-state index contributed by atoms with van der Waals surface area (Å²) in [6, 6.07) is 0. The van der Waals surface area contributed by atoms with E-state index >= 15 is 0 Å². The summed E-state index contributed by atoms with van der Waals surface area (Å²) in [7, 11) is 0. The molecule has 0 aromatic rings. The molecule has 1 heterocycles. The van der Waals surface area contributed by atoms with Crippen molar-refractivity contribution >= 4 is 12.4 Å². The number of likely N-dealkylation sites (tertiary alicyclic amines) is 1. The molecule has 0 radical (unpaired) electrons. The largest absolute Gasteiger partial charge is 0.357 e. The molecule has 0 unspecified atom stereocenters. The van der Waals surface area contributed by atoms with Crippen LogP contribution in [-0.4, -0.2) is 37.1 Å². The Bertz CT molecular complexity index is 273. The summed E-state index contributed by atoms with van der Waals surface area (Å²) in [6.07, 6.45) is 7.07. The summed E-state index contributed by atoms with van der Waals surface area (Å²) < 4.78 is 0. The van der Waals surface area contributed by atoms with E-state index in [4.69, 9.17) is 5.73 Å². The van der Waals surface area contributed by atoms with Crippen molar-refractivity contribution in [1.82, 2.24) is 4.90 Å². The maximum Gasteiger partial charge on any atom is 0.129 e. The number of aliphatic imine (C=N–C) groups is 2. The van der Waals surface area contributed by atoms with E-state index in [-0.39, 0.29) is 0 Å². The van der Waals surface area contributed by atoms with Crippen LogP contribution in [-0.2, 0) is 0 Å². The van der Waals surface area contributed by atoms with Gasteiger partial charge in [-0.1, -0.05) is 12.8 Å². The van der Waals surface area contributed by atoms with Gasteiger partial charge in [0.1, 0.15) is 5.82 Å². The summed E-state index contributed by atoms with van der Waals surface area (Å²) >= 11 is 0. The van der Waals surface area contributed by atoms with Gasteiger partial charge in [-0.2, -0.15) is 0 Å². The second-order valence-corrected chi connectivity index (χ2v) is 4.04. The maximum absolute atomic E-state index is 5.37. The van der Waals surface area contributed by atoms with Gasteiger partial charge in [0.15, 0.2) is 0 Å². The fourth-order valence-corrected chi connectivity index (χ4v) is 1.91. The van der Waals surface area contributed by atoms with E-state index in [0.717, 1.165) is 24.6 Å². The van der Waals surface area contributed by atoms with Gasteiger partial charge in [-0.05, 0) is 26.5 Å². The fourth-order valence-electron chi connectivity index (χ4n) is 1.91. The molecule has 0 atom stereocenters. The lowest BCUT2D eigenvalue weighted by Gasteiger charge is -2.22. The number of hydrogen-bond acceptors (Lipinski definition) is 4. The van der Waals surface area contributed by atoms with Crippen molar-refractivity contribution in [3.63, 3.8) is 0 Å². The number of nitrogens with two attached hydrogens (primary N) is 1. The van der Waals surface area contributed by atoms with Crippen LogP contribution in [0.4, 0.5) is 0 Å². The van der Waals surface area contributed by atoms with Gasteiger partial charge < -0.3 is 10.6 Å². The van der Waals surface area contributed by atoms with Gasteiger partial charge in [-0.25, -0.2) is 4.99 Å². The Balaban J connectivity index is 2.71. The van der Waals surface area contributed by atoms with Crippen molar-refractivity contribution in [2.45, 2.75) is 32.6 Å². The van der Waals surface area contributed by atoms with Crippen LogP contribution >= 0.6 is 0 Å². The van der Waals surface area contributed by atoms with E-state index in [1.54, 1.807) is 0 Å². The topological polar surface area (TPSA) is 54.0 Å². The Morgan fingerprint density at radius 1 is 1.31 bits per heavy atom. The van der Waals surface area contributed by atoms with E-state index < -0.39 is 0 Å². The third-order valence-electron chi connectivity index (χ3n) is 2.77. The molecule has 0 aliphatic carbocycles. The van der Waals surface area contributed by atoms with E-state index in [1.165, 1.54) is 25.7 Å². The number of hydrogen-bond donors (Lipinski definition) is 1. The van der Waals surface area contributed by atoms with Crippen LogP contribution in [0.15, 0.2) is 21.9 Å². The molecule has 1 fully saturated rings. The first-order chi connectivity index (χ1) is 7.77. The van der Waals surface area contributed by atoms with Crippen LogP contribution in [0.25, 0.3) is 0 Å². The molecular formula is C12H22N4. The molecule has 1 rings (SSSR count). The molecule has 0 saturated carbocycles. The average Bonchev–Trinajstić information content (AvgIpc) is 2.55. The summed E-state index contributed by atoms with van der Waals surface area (Å²) in [4.78, 5) is 10.5. The van der Waals surface area contributed by atoms with Gasteiger partial charge in [0.25, 0.3) is 0 Å². The van der Waals surface area contributed by atoms with Crippen LogP contribution in [0.3, 0.4) is 0 Å². The van der Waals surface area contributed by atoms with E-state index in [0.29, 0.717) is 6.67 Å². The quantitative estimate of drug-likeness (QED) is 0.737. The molecule has 0 aromatic carbocycles. The van der Waals surface area contributed by atoms with Crippen LogP contribution in [0, 0.1) is 0 Å². The predicted octanol–water partition coefficient (Wildman–Crippen LogP) is 1.78. The van der Waals surface area contributed by atoms with Crippen molar-refractivity contribution in [2.24, 2.45) is 15.7 Å². The molecular weight excluding hydrogens is 200 g/mol. The first kappa shape index (κ1) is 12.9. The smallest absolute Gasteiger partial charge is 0.129 e. The lowest BCUT2D eigenvalue weighted by Crippen LogP contribution is -2.23. The average molecular weight is 222 g/mol. The molecule has 16 heavy (non-hydrogen) atoms. The number of nitrogens with zero attached hydrogens (tertiary/aromatic N) is 3. The zero-order valence-electron chi connectivity index (χ0n) is 10.2. The molecule has 0 aromatic heterocycles. The molecule has 1 saturated heterocycles. The van der Waals surface area contributed by atoms with E-state index in [2.05, 4.69) is 21.6 Å². The molecule has 4 nitrogen and oxygen atoms in total. The van der Waals surface area contributed by atoms with Gasteiger partial charge in [0.05, 0.1) is 6.67 Å². The molecule has 0 spiro atoms. The minimum atomic E-state index is 0.326. The highest BCUT2D eigenvalue weighted by molar-refractivity contribution is 5.93. The predicted molar refractivity (Wildman–Crippen MR) is 69.8 cm³/mol. The molecule has 1 aliphatic heterocycles. The SMILES string of the molecule is C=N/C(=C\C(C)=N/CN)N1CCCCCC1. The Morgan fingerprint density at radius 2 is 1.94 bits per heavy atom. The van der Waals surface area contributed by atoms with Crippen LogP contribution < -0.4 is 5.73 Å². The fraction of sp³-hybridized carbons (Fsp3) is 0.667. The summed E-state index contributed by atoms with van der Waals surface area (Å²) in [5.41, 5.74) is 6.28. The summed E-state index contributed by atoms with van der Waals surface area (Å²) in [6.45, 7) is 8.04. The number of rotatable bonds is 4. The van der Waals surface area contributed by atoms with Crippen molar-refractivity contribution in [3.8, 4) is 0 Å². The third kappa shape index (κ3) is 4.14. The molecule has 4 heteroatoms. The third-order valence-corrected chi connectivity index (χ3v) is 2.77. The van der Waals surface area contributed by atoms with Gasteiger partial charge in [-0.3, -0.25) is 4.99 Å². The van der Waals surface area contributed by atoms with Crippen molar-refractivity contribution in [1.29, 1.82) is 0 Å². The molecule has 1 aliphatic rings. The first-order valence-corrected chi connectivity index (χ1v) is 5.92. The Labute approximate surface area is 97.9 Å². The van der Waals surface area contributed by atoms with E-state index in [9.17, 15) is 0 Å². The first-order valence-electron chi connectivity index (χ1n) is 5.92. The molecule has 0 amide bonds. The monoisotopic (exact) mass is 222 g/mol. The van der Waals surface area contributed by atoms with Crippen LogP contribution in [0.1, 0.15) is 32.6 Å². The lowest BCUT2D eigenvalue weighted by atomic mass is 10.2. The van der Waals surface area contributed by atoms with Crippen molar-refractivity contribution in [2.75, 3.05) is 19.8 Å². The van der Waals surface area contributed by atoms with Gasteiger partial charge in [0, 0.05) is 24.9 Å². The molecule has 2 N–H and O–H groups in total. The standard InChI is InChI=1S/C12H22N4/c1-11(15-10-13)9-12(14-2)16-7-5-3-4-6-8-16/h9H,2-8,10,13H2,1H3/b12-9+,15-11-. The minimum Gasteiger partial charge on any atom is -0.357 e. The Morgan fingerprint density at radius 3 is 2.44 bits per heavy atom. The maximum atomic E-state index is 5.37. The summed E-state index contributed by atoms with van der Waals surface area (Å²) in [5.74, 6) is 0.927. The molecule has 90 valence electrons. The summed E-state index contributed by atoms with van der Waals surface area (Å²) in [5, 5.41) is 0. The van der Waals surface area contributed by atoms with Gasteiger partial charge in [-0.15, -0.1) is 0 Å². The van der Waals surface area contributed by atoms with E-state index in [1.807, 2.05) is 13.0 Å². The lowest BCUT2D eigenvalue weighted by molar-refractivity contribution is 0.356. The van der Waals surface area contributed by atoms with Crippen molar-refractivity contribution in [3.05, 3.63) is 11.9 Å². The second kappa shape index (κ2) is 7.17. The van der Waals surface area contributed by atoms with Crippen LogP contribution in [0.5, 0.6) is 0 Å². The van der Waals surface area contributed by atoms with Gasteiger partial charge >= 0.3 is 0 Å². The van der Waals surface area contributed by atoms with Gasteiger partial charge in [0.2, 0.25) is 0 Å². The van der Waals surface area contributed by atoms with Crippen LogP contribution in [0.2, 0.25) is 0 Å². The Hall–Kier alpha value is -1.16. The normalized spacial score (nSPS) is 19.5. The Kier molecular flexibility index (Phi) is 5.78. The number of allylic oxidation sites excluding steroid dienone is 1. The highest BCUT2D eigenvalue weighted by atomic mass is 15.2. The minimum absolute atomic E-state index is 0.326. The zero-order chi connectivity index (χ0) is 11.8. The zero-order valence-corrected chi connectivity index (χ0v) is 10.2. The highest BCUT2D eigenvalue weighted by Gasteiger charge is 2.11. The molecule has 0 bridgehead atoms. The highest BCUT2D eigenvalue weighted by Crippen LogP contribution is 2.15. The second-order valence-electron chi connectivity index (χ2n) is 4.04.